The number of rotatable bonds is 6. The van der Waals surface area contributed by atoms with Crippen molar-refractivity contribution in [1.82, 2.24) is 5.32 Å². The van der Waals surface area contributed by atoms with Crippen LogP contribution in [0.1, 0.15) is 31.2 Å². The molecule has 1 aliphatic carbocycles. The van der Waals surface area contributed by atoms with Gasteiger partial charge in [0.2, 0.25) is 0 Å². The van der Waals surface area contributed by atoms with Crippen molar-refractivity contribution in [1.29, 1.82) is 0 Å². The zero-order valence-corrected chi connectivity index (χ0v) is 11.5. The minimum Gasteiger partial charge on any atom is -0.312 e. The van der Waals surface area contributed by atoms with Crippen LogP contribution in [0.4, 0.5) is 0 Å². The van der Waals surface area contributed by atoms with Crippen molar-refractivity contribution in [3.63, 3.8) is 0 Å². The van der Waals surface area contributed by atoms with Crippen LogP contribution >= 0.6 is 0 Å². The molecule has 1 aliphatic rings. The lowest BCUT2D eigenvalue weighted by Gasteiger charge is -2.11. The van der Waals surface area contributed by atoms with E-state index in [2.05, 4.69) is 5.32 Å². The minimum absolute atomic E-state index is 0.0731. The van der Waals surface area contributed by atoms with Crippen LogP contribution in [0.3, 0.4) is 0 Å². The lowest BCUT2D eigenvalue weighted by Crippen LogP contribution is -2.28. The van der Waals surface area contributed by atoms with Crippen molar-refractivity contribution in [2.75, 3.05) is 12.3 Å². The fourth-order valence-electron chi connectivity index (χ4n) is 2.46. The molecule has 0 aromatic heterocycles. The second kappa shape index (κ2) is 6.34. The normalized spacial score (nSPS) is 17.1. The summed E-state index contributed by atoms with van der Waals surface area (Å²) in [7, 11) is -2.88. The van der Waals surface area contributed by atoms with Gasteiger partial charge in [-0.05, 0) is 18.4 Å². The van der Waals surface area contributed by atoms with Gasteiger partial charge in [0, 0.05) is 13.1 Å². The van der Waals surface area contributed by atoms with E-state index in [4.69, 9.17) is 0 Å². The molecule has 0 heterocycles. The third kappa shape index (κ3) is 3.82. The quantitative estimate of drug-likeness (QED) is 0.803. The van der Waals surface area contributed by atoms with Gasteiger partial charge in [-0.1, -0.05) is 43.2 Å². The Kier molecular flexibility index (Phi) is 4.78. The van der Waals surface area contributed by atoms with E-state index in [9.17, 15) is 8.42 Å². The molecular formula is C14H21NO2S. The summed E-state index contributed by atoms with van der Waals surface area (Å²) in [5.41, 5.74) is 1.19. The van der Waals surface area contributed by atoms with Gasteiger partial charge in [0.1, 0.15) is 0 Å². The van der Waals surface area contributed by atoms with Crippen molar-refractivity contribution in [3.8, 4) is 0 Å². The lowest BCUT2D eigenvalue weighted by atomic mass is 10.2. The topological polar surface area (TPSA) is 46.2 Å². The first kappa shape index (κ1) is 13.6. The zero-order valence-electron chi connectivity index (χ0n) is 10.6. The first-order valence-corrected chi connectivity index (χ1v) is 8.36. The Morgan fingerprint density at radius 2 is 1.78 bits per heavy atom. The number of hydrogen-bond acceptors (Lipinski definition) is 3. The van der Waals surface area contributed by atoms with Crippen LogP contribution in [0.25, 0.3) is 0 Å². The Morgan fingerprint density at radius 1 is 1.11 bits per heavy atom. The van der Waals surface area contributed by atoms with Gasteiger partial charge in [-0.3, -0.25) is 0 Å². The molecule has 100 valence electrons. The highest BCUT2D eigenvalue weighted by Crippen LogP contribution is 2.24. The monoisotopic (exact) mass is 267 g/mol. The summed E-state index contributed by atoms with van der Waals surface area (Å²) in [5.74, 6) is 0.268. The van der Waals surface area contributed by atoms with Crippen molar-refractivity contribution in [2.24, 2.45) is 0 Å². The molecule has 4 heteroatoms. The molecule has 0 unspecified atom stereocenters. The number of hydrogen-bond donors (Lipinski definition) is 1. The Balaban J connectivity index is 1.72. The molecule has 0 spiro atoms. The molecular weight excluding hydrogens is 246 g/mol. The van der Waals surface area contributed by atoms with Crippen LogP contribution in [0.5, 0.6) is 0 Å². The molecule has 0 bridgehead atoms. The summed E-state index contributed by atoms with van der Waals surface area (Å²) < 4.78 is 24.0. The summed E-state index contributed by atoms with van der Waals surface area (Å²) in [5, 5.41) is 3.13. The minimum atomic E-state index is -2.88. The number of nitrogens with one attached hydrogen (secondary N) is 1. The maximum absolute atomic E-state index is 12.0. The predicted molar refractivity (Wildman–Crippen MR) is 74.2 cm³/mol. The second-order valence-corrected chi connectivity index (χ2v) is 7.34. The molecule has 1 aromatic rings. The van der Waals surface area contributed by atoms with Gasteiger partial charge in [0.05, 0.1) is 11.0 Å². The van der Waals surface area contributed by atoms with E-state index in [-0.39, 0.29) is 11.0 Å². The molecule has 1 N–H and O–H groups in total. The van der Waals surface area contributed by atoms with Gasteiger partial charge in [-0.2, -0.15) is 0 Å². The summed E-state index contributed by atoms with van der Waals surface area (Å²) >= 11 is 0. The number of sulfone groups is 1. The Hall–Kier alpha value is -0.870. The maximum atomic E-state index is 12.0. The molecule has 18 heavy (non-hydrogen) atoms. The van der Waals surface area contributed by atoms with E-state index in [0.29, 0.717) is 6.54 Å². The van der Waals surface area contributed by atoms with Crippen molar-refractivity contribution >= 4 is 9.84 Å². The molecule has 0 amide bonds. The summed E-state index contributed by atoms with van der Waals surface area (Å²) in [6.07, 6.45) is 3.87. The number of benzene rings is 1. The molecule has 2 rings (SSSR count). The molecule has 0 radical (unpaired) electrons. The van der Waals surface area contributed by atoms with Gasteiger partial charge in [-0.15, -0.1) is 0 Å². The van der Waals surface area contributed by atoms with Crippen LogP contribution in [0.2, 0.25) is 0 Å². The molecule has 1 fully saturated rings. The van der Waals surface area contributed by atoms with E-state index in [1.165, 1.54) is 5.56 Å². The van der Waals surface area contributed by atoms with Gasteiger partial charge in [0.25, 0.3) is 0 Å². The standard InChI is InChI=1S/C14H21NO2S/c16-18(17,14-8-4-5-9-14)11-10-15-12-13-6-2-1-3-7-13/h1-3,6-7,14-15H,4-5,8-12H2. The van der Waals surface area contributed by atoms with Gasteiger partial charge < -0.3 is 5.32 Å². The summed E-state index contributed by atoms with van der Waals surface area (Å²) in [6.45, 7) is 1.29. The second-order valence-electron chi connectivity index (χ2n) is 4.94. The molecule has 0 aliphatic heterocycles. The smallest absolute Gasteiger partial charge is 0.154 e. The molecule has 1 saturated carbocycles. The Bertz CT molecular complexity index is 450. The van der Waals surface area contributed by atoms with Crippen molar-refractivity contribution in [3.05, 3.63) is 35.9 Å². The van der Waals surface area contributed by atoms with Gasteiger partial charge in [0.15, 0.2) is 9.84 Å². The average molecular weight is 267 g/mol. The van der Waals surface area contributed by atoms with Gasteiger partial charge >= 0.3 is 0 Å². The van der Waals surface area contributed by atoms with E-state index in [0.717, 1.165) is 32.2 Å². The van der Waals surface area contributed by atoms with Crippen molar-refractivity contribution < 1.29 is 8.42 Å². The highest BCUT2D eigenvalue weighted by Gasteiger charge is 2.27. The molecule has 0 atom stereocenters. The third-order valence-electron chi connectivity index (χ3n) is 3.55. The van der Waals surface area contributed by atoms with E-state index in [1.54, 1.807) is 0 Å². The van der Waals surface area contributed by atoms with Crippen LogP contribution in [-0.2, 0) is 16.4 Å². The lowest BCUT2D eigenvalue weighted by molar-refractivity contribution is 0.574. The Labute approximate surface area is 110 Å². The van der Waals surface area contributed by atoms with Crippen molar-refractivity contribution in [2.45, 2.75) is 37.5 Å². The average Bonchev–Trinajstić information content (AvgIpc) is 2.91. The first-order chi connectivity index (χ1) is 8.68. The largest absolute Gasteiger partial charge is 0.312 e. The Morgan fingerprint density at radius 3 is 2.44 bits per heavy atom. The third-order valence-corrected chi connectivity index (χ3v) is 5.81. The summed E-state index contributed by atoms with van der Waals surface area (Å²) in [6, 6.07) is 10.0. The molecule has 0 saturated heterocycles. The fourth-order valence-corrected chi connectivity index (χ4v) is 4.27. The highest BCUT2D eigenvalue weighted by atomic mass is 32.2. The fraction of sp³-hybridized carbons (Fsp3) is 0.571. The highest BCUT2D eigenvalue weighted by molar-refractivity contribution is 7.92. The zero-order chi connectivity index (χ0) is 12.8. The van der Waals surface area contributed by atoms with Gasteiger partial charge in [-0.25, -0.2) is 8.42 Å². The SMILES string of the molecule is O=S(=O)(CCNCc1ccccc1)C1CCCC1. The van der Waals surface area contributed by atoms with E-state index >= 15 is 0 Å². The maximum Gasteiger partial charge on any atom is 0.154 e. The van der Waals surface area contributed by atoms with Crippen LogP contribution in [0, 0.1) is 0 Å². The van der Waals surface area contributed by atoms with Crippen LogP contribution in [0.15, 0.2) is 30.3 Å². The predicted octanol–water partition coefficient (Wildman–Crippen LogP) is 2.13. The van der Waals surface area contributed by atoms with Crippen LogP contribution < -0.4 is 5.32 Å². The van der Waals surface area contributed by atoms with Crippen LogP contribution in [-0.4, -0.2) is 26.0 Å². The first-order valence-electron chi connectivity index (χ1n) is 6.65. The molecule has 1 aromatic carbocycles. The van der Waals surface area contributed by atoms with E-state index < -0.39 is 9.84 Å². The molecule has 3 nitrogen and oxygen atoms in total. The van der Waals surface area contributed by atoms with E-state index in [1.807, 2.05) is 30.3 Å². The summed E-state index contributed by atoms with van der Waals surface area (Å²) in [4.78, 5) is 0.